The Morgan fingerprint density at radius 3 is 2.36 bits per heavy atom. The Hall–Kier alpha value is -3.14. The molecule has 0 radical (unpaired) electrons. The van der Waals surface area contributed by atoms with E-state index in [4.69, 9.17) is 0 Å². The molecule has 0 saturated carbocycles. The van der Waals surface area contributed by atoms with E-state index in [1.165, 1.54) is 11.1 Å². The van der Waals surface area contributed by atoms with Crippen LogP contribution in [0.15, 0.2) is 73.1 Å². The number of nitrogens with zero attached hydrogens (tertiary/aromatic N) is 2. The van der Waals surface area contributed by atoms with Crippen molar-refractivity contribution in [3.63, 3.8) is 0 Å². The summed E-state index contributed by atoms with van der Waals surface area (Å²) in [6, 6.07) is 20.4. The fourth-order valence-electron chi connectivity index (χ4n) is 3.09. The molecule has 0 aliphatic carbocycles. The van der Waals surface area contributed by atoms with Crippen LogP contribution in [0.5, 0.6) is 0 Å². The van der Waals surface area contributed by atoms with E-state index in [0.29, 0.717) is 5.56 Å². The maximum Gasteiger partial charge on any atom is 0.257 e. The molecule has 1 N–H and O–H groups in total. The molecule has 0 fully saturated rings. The third kappa shape index (κ3) is 4.97. The van der Waals surface area contributed by atoms with Gasteiger partial charge in [-0.05, 0) is 49.6 Å². The number of aryl methyl sites for hydroxylation is 1. The molecule has 144 valence electrons. The average Bonchev–Trinajstić information content (AvgIpc) is 2.73. The van der Waals surface area contributed by atoms with Gasteiger partial charge in [-0.3, -0.25) is 9.78 Å². The molecule has 28 heavy (non-hydrogen) atoms. The van der Waals surface area contributed by atoms with E-state index in [1.807, 2.05) is 54.7 Å². The fraction of sp³-hybridized carbons (Fsp3) is 0.250. The largest absolute Gasteiger partial charge is 0.364 e. The number of carbonyl (C=O) groups is 1. The van der Waals surface area contributed by atoms with Crippen LogP contribution in [-0.4, -0.2) is 16.9 Å². The molecule has 0 bridgehead atoms. The summed E-state index contributed by atoms with van der Waals surface area (Å²) in [4.78, 5) is 19.3. The summed E-state index contributed by atoms with van der Waals surface area (Å²) in [6.45, 7) is 7.17. The van der Waals surface area contributed by atoms with Gasteiger partial charge in [-0.2, -0.15) is 0 Å². The zero-order chi connectivity index (χ0) is 19.9. The maximum absolute atomic E-state index is 12.7. The molecule has 4 nitrogen and oxygen atoms in total. The quantitative estimate of drug-likeness (QED) is 0.610. The van der Waals surface area contributed by atoms with Crippen molar-refractivity contribution in [2.75, 3.05) is 10.2 Å². The van der Waals surface area contributed by atoms with E-state index >= 15 is 0 Å². The van der Waals surface area contributed by atoms with Crippen LogP contribution in [0.4, 0.5) is 11.4 Å². The Labute approximate surface area is 167 Å². The number of anilines is 2. The van der Waals surface area contributed by atoms with E-state index in [9.17, 15) is 4.79 Å². The lowest BCUT2D eigenvalue weighted by Gasteiger charge is -2.29. The minimum atomic E-state index is -0.151. The predicted molar refractivity (Wildman–Crippen MR) is 116 cm³/mol. The maximum atomic E-state index is 12.7. The average molecular weight is 374 g/mol. The van der Waals surface area contributed by atoms with Crippen LogP contribution >= 0.6 is 0 Å². The molecule has 0 unspecified atom stereocenters. The molecule has 1 heterocycles. The van der Waals surface area contributed by atoms with Gasteiger partial charge in [-0.1, -0.05) is 49.4 Å². The predicted octanol–water partition coefficient (Wildman–Crippen LogP) is 5.31. The van der Waals surface area contributed by atoms with Gasteiger partial charge in [-0.25, -0.2) is 0 Å². The minimum absolute atomic E-state index is 0.151. The zero-order valence-electron chi connectivity index (χ0n) is 16.7. The van der Waals surface area contributed by atoms with Gasteiger partial charge >= 0.3 is 0 Å². The molecule has 0 atom stereocenters. The third-order valence-electron chi connectivity index (χ3n) is 4.76. The fourth-order valence-corrected chi connectivity index (χ4v) is 3.09. The van der Waals surface area contributed by atoms with Gasteiger partial charge in [0.05, 0.1) is 17.4 Å². The number of nitrogens with one attached hydrogen (secondary N) is 1. The number of hydrogen-bond acceptors (Lipinski definition) is 3. The number of aromatic nitrogens is 1. The summed E-state index contributed by atoms with van der Waals surface area (Å²) in [5.41, 5.74) is 4.75. The Kier molecular flexibility index (Phi) is 6.43. The van der Waals surface area contributed by atoms with Crippen molar-refractivity contribution >= 4 is 17.3 Å². The van der Waals surface area contributed by atoms with Crippen molar-refractivity contribution in [1.82, 2.24) is 4.98 Å². The first-order valence-electron chi connectivity index (χ1n) is 9.72. The van der Waals surface area contributed by atoms with Crippen molar-refractivity contribution in [2.45, 2.75) is 39.8 Å². The van der Waals surface area contributed by atoms with Crippen molar-refractivity contribution in [2.24, 2.45) is 0 Å². The summed E-state index contributed by atoms with van der Waals surface area (Å²) >= 11 is 0. The van der Waals surface area contributed by atoms with E-state index in [0.717, 1.165) is 24.3 Å². The van der Waals surface area contributed by atoms with E-state index in [2.05, 4.69) is 48.1 Å². The van der Waals surface area contributed by atoms with Crippen LogP contribution in [0, 0.1) is 0 Å². The molecule has 3 aromatic rings. The van der Waals surface area contributed by atoms with Gasteiger partial charge in [0.1, 0.15) is 0 Å². The highest BCUT2D eigenvalue weighted by atomic mass is 16.1. The highest BCUT2D eigenvalue weighted by Gasteiger charge is 2.15. The van der Waals surface area contributed by atoms with E-state index < -0.39 is 0 Å². The molecule has 0 aliphatic rings. The van der Waals surface area contributed by atoms with Crippen LogP contribution in [-0.2, 0) is 13.0 Å². The minimum Gasteiger partial charge on any atom is -0.364 e. The van der Waals surface area contributed by atoms with Crippen LogP contribution < -0.4 is 10.2 Å². The van der Waals surface area contributed by atoms with Gasteiger partial charge in [0.15, 0.2) is 0 Å². The summed E-state index contributed by atoms with van der Waals surface area (Å²) < 4.78 is 0. The van der Waals surface area contributed by atoms with Gasteiger partial charge in [0, 0.05) is 24.5 Å². The Morgan fingerprint density at radius 2 is 1.71 bits per heavy atom. The highest BCUT2D eigenvalue weighted by molar-refractivity contribution is 6.04. The number of carbonyl (C=O) groups excluding carboxylic acids is 1. The molecule has 4 heteroatoms. The Balaban J connectivity index is 1.78. The number of hydrogen-bond donors (Lipinski definition) is 1. The number of pyridine rings is 1. The van der Waals surface area contributed by atoms with Crippen molar-refractivity contribution in [3.05, 3.63) is 89.7 Å². The lowest BCUT2D eigenvalue weighted by Crippen LogP contribution is -2.30. The van der Waals surface area contributed by atoms with Crippen LogP contribution in [0.25, 0.3) is 0 Å². The molecule has 0 saturated heterocycles. The van der Waals surface area contributed by atoms with E-state index in [-0.39, 0.29) is 11.9 Å². The summed E-state index contributed by atoms with van der Waals surface area (Å²) in [6.07, 6.45) is 4.41. The van der Waals surface area contributed by atoms with E-state index in [1.54, 1.807) is 6.20 Å². The molecular weight excluding hydrogens is 346 g/mol. The second kappa shape index (κ2) is 9.18. The topological polar surface area (TPSA) is 45.2 Å². The molecule has 3 rings (SSSR count). The first-order chi connectivity index (χ1) is 13.6. The monoisotopic (exact) mass is 373 g/mol. The molecule has 2 aromatic carbocycles. The van der Waals surface area contributed by atoms with Crippen LogP contribution in [0.2, 0.25) is 0 Å². The molecule has 0 spiro atoms. The normalized spacial score (nSPS) is 10.7. The zero-order valence-corrected chi connectivity index (χ0v) is 16.7. The standard InChI is InChI=1S/C24H27N3O/c1-4-19-10-12-22(13-11-19)26-24(28)21-14-23(16-25-15-21)27(18(2)3)17-20-8-6-5-7-9-20/h5-16,18H,4,17H2,1-3H3,(H,26,28). The van der Waals surface area contributed by atoms with Gasteiger partial charge in [0.25, 0.3) is 5.91 Å². The summed E-state index contributed by atoms with van der Waals surface area (Å²) in [5, 5.41) is 2.96. The molecule has 0 aliphatic heterocycles. The molecular formula is C24H27N3O. The number of benzene rings is 2. The number of amides is 1. The molecule has 1 aromatic heterocycles. The number of rotatable bonds is 7. The first-order valence-corrected chi connectivity index (χ1v) is 9.72. The summed E-state index contributed by atoms with van der Waals surface area (Å²) in [5.74, 6) is -0.151. The smallest absolute Gasteiger partial charge is 0.257 e. The van der Waals surface area contributed by atoms with Crippen LogP contribution in [0.3, 0.4) is 0 Å². The SMILES string of the molecule is CCc1ccc(NC(=O)c2cncc(N(Cc3ccccc3)C(C)C)c2)cc1. The van der Waals surface area contributed by atoms with Gasteiger partial charge in [-0.15, -0.1) is 0 Å². The second-order valence-corrected chi connectivity index (χ2v) is 7.14. The van der Waals surface area contributed by atoms with Crippen molar-refractivity contribution in [1.29, 1.82) is 0 Å². The lowest BCUT2D eigenvalue weighted by molar-refractivity contribution is 0.102. The van der Waals surface area contributed by atoms with Crippen LogP contribution in [0.1, 0.15) is 42.3 Å². The Bertz CT molecular complexity index is 905. The first kappa shape index (κ1) is 19.6. The van der Waals surface area contributed by atoms with Crippen molar-refractivity contribution in [3.8, 4) is 0 Å². The van der Waals surface area contributed by atoms with Crippen molar-refractivity contribution < 1.29 is 4.79 Å². The highest BCUT2D eigenvalue weighted by Crippen LogP contribution is 2.21. The Morgan fingerprint density at radius 1 is 1.00 bits per heavy atom. The third-order valence-corrected chi connectivity index (χ3v) is 4.76. The summed E-state index contributed by atoms with van der Waals surface area (Å²) in [7, 11) is 0. The second-order valence-electron chi connectivity index (χ2n) is 7.14. The lowest BCUT2D eigenvalue weighted by atomic mass is 10.1. The van der Waals surface area contributed by atoms with Gasteiger partial charge < -0.3 is 10.2 Å². The molecule has 1 amide bonds. The van der Waals surface area contributed by atoms with Gasteiger partial charge in [0.2, 0.25) is 0 Å².